The minimum absolute atomic E-state index is 0.133. The fourth-order valence-electron chi connectivity index (χ4n) is 1.94. The normalized spacial score (nSPS) is 12.4. The van der Waals surface area contributed by atoms with Crippen molar-refractivity contribution in [3.63, 3.8) is 0 Å². The second-order valence-electron chi connectivity index (χ2n) is 5.07. The van der Waals surface area contributed by atoms with Crippen molar-refractivity contribution in [2.45, 2.75) is 19.8 Å². The van der Waals surface area contributed by atoms with Crippen LogP contribution in [0.1, 0.15) is 19.0 Å². The van der Waals surface area contributed by atoms with Gasteiger partial charge in [0.1, 0.15) is 0 Å². The number of nitrogens with one attached hydrogen (secondary N) is 2. The first-order valence-corrected chi connectivity index (χ1v) is 9.39. The number of sulfonamides is 1. The van der Waals surface area contributed by atoms with Gasteiger partial charge in [-0.3, -0.25) is 9.98 Å². The van der Waals surface area contributed by atoms with Crippen molar-refractivity contribution < 1.29 is 8.42 Å². The zero-order valence-corrected chi connectivity index (χ0v) is 14.9. The lowest BCUT2D eigenvalue weighted by molar-refractivity contribution is 0.461. The van der Waals surface area contributed by atoms with Crippen molar-refractivity contribution in [1.82, 2.24) is 19.9 Å². The van der Waals surface area contributed by atoms with Gasteiger partial charge in [0.05, 0.1) is 5.75 Å². The van der Waals surface area contributed by atoms with Crippen molar-refractivity contribution in [2.24, 2.45) is 4.99 Å². The van der Waals surface area contributed by atoms with Crippen LogP contribution in [0.4, 0.5) is 0 Å². The van der Waals surface area contributed by atoms with Crippen molar-refractivity contribution in [2.75, 3.05) is 39.5 Å². The van der Waals surface area contributed by atoms with Crippen LogP contribution in [0.3, 0.4) is 0 Å². The molecule has 0 atom stereocenters. The van der Waals surface area contributed by atoms with Crippen LogP contribution in [0.15, 0.2) is 29.4 Å². The maximum atomic E-state index is 11.6. The SMILES string of the molecule is CCS(=O)(=O)N(C)CCCNC(=NC)NCCc1ccccn1. The van der Waals surface area contributed by atoms with Crippen molar-refractivity contribution in [3.05, 3.63) is 30.1 Å². The summed E-state index contributed by atoms with van der Waals surface area (Å²) in [6, 6.07) is 5.85. The van der Waals surface area contributed by atoms with Gasteiger partial charge in [-0.1, -0.05) is 6.07 Å². The maximum absolute atomic E-state index is 11.6. The fourth-order valence-corrected chi connectivity index (χ4v) is 2.79. The summed E-state index contributed by atoms with van der Waals surface area (Å²) in [5, 5.41) is 6.39. The smallest absolute Gasteiger partial charge is 0.213 e. The number of pyridine rings is 1. The third-order valence-electron chi connectivity index (χ3n) is 3.41. The highest BCUT2D eigenvalue weighted by atomic mass is 32.2. The highest BCUT2D eigenvalue weighted by Gasteiger charge is 2.13. The van der Waals surface area contributed by atoms with Crippen LogP contribution >= 0.6 is 0 Å². The Bertz CT molecular complexity index is 575. The Morgan fingerprint density at radius 3 is 2.65 bits per heavy atom. The minimum atomic E-state index is -3.10. The summed E-state index contributed by atoms with van der Waals surface area (Å²) in [5.74, 6) is 0.843. The summed E-state index contributed by atoms with van der Waals surface area (Å²) in [6.45, 7) is 3.54. The van der Waals surface area contributed by atoms with Crippen LogP contribution in [-0.2, 0) is 16.4 Å². The van der Waals surface area contributed by atoms with Crippen molar-refractivity contribution >= 4 is 16.0 Å². The molecule has 23 heavy (non-hydrogen) atoms. The lowest BCUT2D eigenvalue weighted by Crippen LogP contribution is -2.40. The van der Waals surface area contributed by atoms with E-state index in [2.05, 4.69) is 20.6 Å². The molecule has 8 heteroatoms. The van der Waals surface area contributed by atoms with Gasteiger partial charge in [0.2, 0.25) is 10.0 Å². The Morgan fingerprint density at radius 1 is 1.30 bits per heavy atom. The number of rotatable bonds is 9. The molecule has 1 aromatic heterocycles. The molecule has 130 valence electrons. The maximum Gasteiger partial charge on any atom is 0.213 e. The van der Waals surface area contributed by atoms with Crippen LogP contribution in [0.2, 0.25) is 0 Å². The number of hydrogen-bond donors (Lipinski definition) is 2. The van der Waals surface area contributed by atoms with Gasteiger partial charge < -0.3 is 10.6 Å². The lowest BCUT2D eigenvalue weighted by atomic mass is 10.3. The van der Waals surface area contributed by atoms with E-state index >= 15 is 0 Å². The standard InChI is InChI=1S/C15H27N5O2S/c1-4-23(21,22)20(3)13-7-11-18-15(16-2)19-12-9-14-8-5-6-10-17-14/h5-6,8,10H,4,7,9,11-13H2,1-3H3,(H2,16,18,19). The quantitative estimate of drug-likeness (QED) is 0.387. The van der Waals surface area contributed by atoms with E-state index in [1.54, 1.807) is 27.2 Å². The second kappa shape index (κ2) is 10.2. The highest BCUT2D eigenvalue weighted by molar-refractivity contribution is 7.89. The summed E-state index contributed by atoms with van der Waals surface area (Å²) in [7, 11) is 0.225. The second-order valence-corrected chi connectivity index (χ2v) is 7.44. The van der Waals surface area contributed by atoms with Crippen molar-refractivity contribution in [1.29, 1.82) is 0 Å². The first kappa shape index (κ1) is 19.4. The van der Waals surface area contributed by atoms with E-state index in [0.717, 1.165) is 25.1 Å². The Hall–Kier alpha value is -1.67. The van der Waals surface area contributed by atoms with Gasteiger partial charge in [0, 0.05) is 52.0 Å². The minimum Gasteiger partial charge on any atom is -0.356 e. The monoisotopic (exact) mass is 341 g/mol. The molecule has 1 rings (SSSR count). The molecule has 0 aliphatic carbocycles. The fraction of sp³-hybridized carbons (Fsp3) is 0.600. The van der Waals surface area contributed by atoms with E-state index in [4.69, 9.17) is 0 Å². The van der Waals surface area contributed by atoms with Crippen LogP contribution in [0.25, 0.3) is 0 Å². The summed E-state index contributed by atoms with van der Waals surface area (Å²) < 4.78 is 24.6. The van der Waals surface area contributed by atoms with Gasteiger partial charge in [-0.2, -0.15) is 0 Å². The first-order chi connectivity index (χ1) is 11.0. The summed E-state index contributed by atoms with van der Waals surface area (Å²) in [4.78, 5) is 8.41. The van der Waals surface area contributed by atoms with Crippen LogP contribution in [-0.4, -0.2) is 63.1 Å². The molecule has 0 aromatic carbocycles. The van der Waals surface area contributed by atoms with Crippen LogP contribution in [0.5, 0.6) is 0 Å². The van der Waals surface area contributed by atoms with Crippen molar-refractivity contribution in [3.8, 4) is 0 Å². The van der Waals surface area contributed by atoms with Crippen LogP contribution < -0.4 is 10.6 Å². The summed E-state index contributed by atoms with van der Waals surface area (Å²) >= 11 is 0. The zero-order chi connectivity index (χ0) is 17.1. The molecule has 0 unspecified atom stereocenters. The van der Waals surface area contributed by atoms with Gasteiger partial charge in [-0.15, -0.1) is 0 Å². The molecule has 0 fully saturated rings. The first-order valence-electron chi connectivity index (χ1n) is 7.78. The van der Waals surface area contributed by atoms with Gasteiger partial charge in [0.25, 0.3) is 0 Å². The van der Waals surface area contributed by atoms with E-state index in [1.165, 1.54) is 4.31 Å². The van der Waals surface area contributed by atoms with E-state index in [-0.39, 0.29) is 5.75 Å². The van der Waals surface area contributed by atoms with Gasteiger partial charge in [-0.05, 0) is 25.5 Å². The number of aromatic nitrogens is 1. The molecule has 0 bridgehead atoms. The third kappa shape index (κ3) is 7.43. The molecule has 0 radical (unpaired) electrons. The molecule has 0 spiro atoms. The number of nitrogens with zero attached hydrogens (tertiary/aromatic N) is 3. The number of aliphatic imine (C=N–C) groups is 1. The molecule has 1 heterocycles. The summed E-state index contributed by atoms with van der Waals surface area (Å²) in [5.41, 5.74) is 1.03. The predicted octanol–water partition coefficient (Wildman–Crippen LogP) is 0.461. The molecule has 0 aliphatic rings. The molecule has 0 amide bonds. The van der Waals surface area contributed by atoms with Crippen LogP contribution in [0, 0.1) is 0 Å². The predicted molar refractivity (Wildman–Crippen MR) is 94.0 cm³/mol. The Kier molecular flexibility index (Phi) is 8.57. The Balaban J connectivity index is 2.22. The van der Waals surface area contributed by atoms with Gasteiger partial charge in [0.15, 0.2) is 5.96 Å². The molecule has 0 saturated carbocycles. The molecular formula is C15H27N5O2S. The van der Waals surface area contributed by atoms with E-state index in [1.807, 2.05) is 18.2 Å². The van der Waals surface area contributed by atoms with E-state index in [0.29, 0.717) is 19.0 Å². The van der Waals surface area contributed by atoms with E-state index < -0.39 is 10.0 Å². The zero-order valence-electron chi connectivity index (χ0n) is 14.1. The number of hydrogen-bond acceptors (Lipinski definition) is 4. The average Bonchev–Trinajstić information content (AvgIpc) is 2.57. The molecule has 7 nitrogen and oxygen atoms in total. The number of guanidine groups is 1. The molecule has 2 N–H and O–H groups in total. The van der Waals surface area contributed by atoms with E-state index in [9.17, 15) is 8.42 Å². The molecular weight excluding hydrogens is 314 g/mol. The van der Waals surface area contributed by atoms with Gasteiger partial charge >= 0.3 is 0 Å². The highest BCUT2D eigenvalue weighted by Crippen LogP contribution is 1.98. The van der Waals surface area contributed by atoms with Gasteiger partial charge in [-0.25, -0.2) is 12.7 Å². The average molecular weight is 341 g/mol. The third-order valence-corrected chi connectivity index (χ3v) is 5.27. The Morgan fingerprint density at radius 2 is 2.04 bits per heavy atom. The topological polar surface area (TPSA) is 86.7 Å². The largest absolute Gasteiger partial charge is 0.356 e. The molecule has 0 saturated heterocycles. The molecule has 0 aliphatic heterocycles. The Labute approximate surface area is 139 Å². The summed E-state index contributed by atoms with van der Waals surface area (Å²) in [6.07, 6.45) is 3.32. The lowest BCUT2D eigenvalue weighted by Gasteiger charge is -2.16. The molecule has 1 aromatic rings.